The number of carbonyl (C=O) groups is 3. The zero-order chi connectivity index (χ0) is 25.4. The van der Waals surface area contributed by atoms with Crippen molar-refractivity contribution in [1.82, 2.24) is 10.2 Å². The van der Waals surface area contributed by atoms with Crippen LogP contribution in [0, 0.1) is 0 Å². The van der Waals surface area contributed by atoms with Gasteiger partial charge in [0.25, 0.3) is 0 Å². The van der Waals surface area contributed by atoms with Crippen molar-refractivity contribution in [3.8, 4) is 0 Å². The van der Waals surface area contributed by atoms with Gasteiger partial charge in [-0.2, -0.15) is 0 Å². The van der Waals surface area contributed by atoms with Crippen LogP contribution in [0.15, 0.2) is 91.0 Å². The molecule has 1 heterocycles. The summed E-state index contributed by atoms with van der Waals surface area (Å²) < 4.78 is 4.64. The van der Waals surface area contributed by atoms with Crippen molar-refractivity contribution in [1.29, 1.82) is 0 Å². The van der Waals surface area contributed by atoms with Crippen LogP contribution in [-0.4, -0.2) is 48.9 Å². The molecule has 1 atom stereocenters. The Morgan fingerprint density at radius 1 is 0.861 bits per heavy atom. The summed E-state index contributed by atoms with van der Waals surface area (Å²) in [5, 5.41) is 2.80. The molecule has 3 aromatic carbocycles. The summed E-state index contributed by atoms with van der Waals surface area (Å²) in [6, 6.07) is 29.7. The van der Waals surface area contributed by atoms with Gasteiger partial charge in [-0.05, 0) is 29.5 Å². The molecule has 1 N–H and O–H groups in total. The van der Waals surface area contributed by atoms with Gasteiger partial charge in [0.2, 0.25) is 11.8 Å². The summed E-state index contributed by atoms with van der Waals surface area (Å²) in [4.78, 5) is 40.1. The number of methoxy groups -OCH3 is 1. The molecule has 0 aromatic heterocycles. The maximum absolute atomic E-state index is 14.0. The lowest BCUT2D eigenvalue weighted by Crippen LogP contribution is -2.48. The summed E-state index contributed by atoms with van der Waals surface area (Å²) in [5.74, 6) is -0.681. The van der Waals surface area contributed by atoms with Gasteiger partial charge >= 0.3 is 5.97 Å². The van der Waals surface area contributed by atoms with Crippen molar-refractivity contribution < 1.29 is 19.1 Å². The number of nitrogens with one attached hydrogen (secondary N) is 1. The van der Waals surface area contributed by atoms with Crippen LogP contribution in [0.5, 0.6) is 0 Å². The first-order valence-electron chi connectivity index (χ1n) is 12.4. The number of benzene rings is 3. The Hall–Kier alpha value is -3.93. The Labute approximate surface area is 212 Å². The fourth-order valence-electron chi connectivity index (χ4n) is 5.15. The smallest absolute Gasteiger partial charge is 0.307 e. The minimum atomic E-state index is -0.713. The predicted molar refractivity (Wildman–Crippen MR) is 138 cm³/mol. The van der Waals surface area contributed by atoms with E-state index in [1.807, 2.05) is 54.6 Å². The van der Waals surface area contributed by atoms with E-state index >= 15 is 0 Å². The number of rotatable bonds is 9. The standard InChI is InChI=1S/C30H32N2O4/c1-36-28(34)19-20-31-29(35)26-18-11-21-32(26)27(33)22-30(23-12-5-2-6-13-23,24-14-7-3-8-15-24)25-16-9-4-10-17-25/h2-10,12-17,26H,11,18-22H2,1H3,(H,31,35)/t26-/m0/s1. The first-order valence-corrected chi connectivity index (χ1v) is 12.4. The molecule has 6 nitrogen and oxygen atoms in total. The average Bonchev–Trinajstić information content (AvgIpc) is 3.43. The SMILES string of the molecule is COC(=O)CCNC(=O)[C@@H]1CCCN1C(=O)CC(c1ccccc1)(c1ccccc1)c1ccccc1. The molecule has 0 saturated carbocycles. The number of nitrogens with zero attached hydrogens (tertiary/aromatic N) is 1. The van der Waals surface area contributed by atoms with Gasteiger partial charge in [-0.25, -0.2) is 0 Å². The molecule has 2 amide bonds. The first-order chi connectivity index (χ1) is 17.6. The van der Waals surface area contributed by atoms with Crippen LogP contribution in [0.1, 0.15) is 42.4 Å². The van der Waals surface area contributed by atoms with Gasteiger partial charge < -0.3 is 15.0 Å². The molecule has 6 heteroatoms. The second-order valence-corrected chi connectivity index (χ2v) is 9.04. The Morgan fingerprint density at radius 3 is 1.83 bits per heavy atom. The largest absolute Gasteiger partial charge is 0.469 e. The van der Waals surface area contributed by atoms with Gasteiger partial charge in [0.1, 0.15) is 6.04 Å². The third kappa shape index (κ3) is 5.33. The lowest BCUT2D eigenvalue weighted by molar-refractivity contribution is -0.141. The molecular weight excluding hydrogens is 452 g/mol. The highest BCUT2D eigenvalue weighted by Gasteiger charge is 2.42. The Morgan fingerprint density at radius 2 is 1.36 bits per heavy atom. The van der Waals surface area contributed by atoms with Gasteiger partial charge in [0.15, 0.2) is 0 Å². The van der Waals surface area contributed by atoms with E-state index in [1.165, 1.54) is 7.11 Å². The van der Waals surface area contributed by atoms with Crippen LogP contribution in [-0.2, 0) is 24.5 Å². The Bertz CT molecular complexity index is 1070. The molecule has 1 fully saturated rings. The van der Waals surface area contributed by atoms with Crippen molar-refractivity contribution in [3.05, 3.63) is 108 Å². The van der Waals surface area contributed by atoms with Crippen molar-refractivity contribution in [3.63, 3.8) is 0 Å². The lowest BCUT2D eigenvalue weighted by atomic mass is 9.67. The number of amides is 2. The number of hydrogen-bond donors (Lipinski definition) is 1. The molecule has 0 spiro atoms. The molecule has 0 unspecified atom stereocenters. The van der Waals surface area contributed by atoms with Crippen LogP contribution in [0.25, 0.3) is 0 Å². The fraction of sp³-hybridized carbons (Fsp3) is 0.300. The maximum atomic E-state index is 14.0. The van der Waals surface area contributed by atoms with Crippen molar-refractivity contribution in [2.45, 2.75) is 37.1 Å². The van der Waals surface area contributed by atoms with Gasteiger partial charge in [-0.3, -0.25) is 14.4 Å². The molecule has 0 bridgehead atoms. The number of carbonyl (C=O) groups excluding carboxylic acids is 3. The van der Waals surface area contributed by atoms with Crippen LogP contribution in [0.3, 0.4) is 0 Å². The van der Waals surface area contributed by atoms with E-state index in [0.29, 0.717) is 13.0 Å². The summed E-state index contributed by atoms with van der Waals surface area (Å²) in [6.45, 7) is 0.717. The van der Waals surface area contributed by atoms with E-state index in [4.69, 9.17) is 0 Å². The summed E-state index contributed by atoms with van der Waals surface area (Å²) in [5.41, 5.74) is 2.35. The summed E-state index contributed by atoms with van der Waals surface area (Å²) in [6.07, 6.45) is 1.65. The highest BCUT2D eigenvalue weighted by atomic mass is 16.5. The quantitative estimate of drug-likeness (QED) is 0.367. The second kappa shape index (κ2) is 11.7. The molecule has 1 aliphatic heterocycles. The van der Waals surface area contributed by atoms with Crippen LogP contribution >= 0.6 is 0 Å². The molecule has 1 aliphatic rings. The minimum Gasteiger partial charge on any atom is -0.469 e. The van der Waals surface area contributed by atoms with E-state index in [0.717, 1.165) is 23.1 Å². The second-order valence-electron chi connectivity index (χ2n) is 9.04. The van der Waals surface area contributed by atoms with E-state index < -0.39 is 11.5 Å². The van der Waals surface area contributed by atoms with Gasteiger partial charge in [-0.15, -0.1) is 0 Å². The van der Waals surface area contributed by atoms with Crippen LogP contribution < -0.4 is 5.32 Å². The molecule has 4 rings (SSSR count). The van der Waals surface area contributed by atoms with Crippen LogP contribution in [0.2, 0.25) is 0 Å². The highest BCUT2D eigenvalue weighted by molar-refractivity contribution is 5.89. The van der Waals surface area contributed by atoms with E-state index in [2.05, 4.69) is 46.5 Å². The molecule has 36 heavy (non-hydrogen) atoms. The van der Waals surface area contributed by atoms with Crippen LogP contribution in [0.4, 0.5) is 0 Å². The lowest BCUT2D eigenvalue weighted by Gasteiger charge is -2.37. The van der Waals surface area contributed by atoms with Gasteiger partial charge in [-0.1, -0.05) is 91.0 Å². The third-order valence-electron chi connectivity index (χ3n) is 6.95. The highest BCUT2D eigenvalue weighted by Crippen LogP contribution is 2.43. The van der Waals surface area contributed by atoms with Crippen molar-refractivity contribution in [2.75, 3.05) is 20.2 Å². The molecule has 1 saturated heterocycles. The molecule has 3 aromatic rings. The van der Waals surface area contributed by atoms with E-state index in [1.54, 1.807) is 4.90 Å². The number of hydrogen-bond acceptors (Lipinski definition) is 4. The minimum absolute atomic E-state index is 0.0721. The maximum Gasteiger partial charge on any atom is 0.307 e. The monoisotopic (exact) mass is 484 g/mol. The van der Waals surface area contributed by atoms with Gasteiger partial charge in [0, 0.05) is 19.5 Å². The average molecular weight is 485 g/mol. The number of likely N-dealkylation sites (tertiary alicyclic amines) is 1. The first kappa shape index (κ1) is 25.2. The molecule has 0 radical (unpaired) electrons. The number of esters is 1. The Balaban J connectivity index is 1.67. The topological polar surface area (TPSA) is 75.7 Å². The van der Waals surface area contributed by atoms with Crippen molar-refractivity contribution >= 4 is 17.8 Å². The third-order valence-corrected chi connectivity index (χ3v) is 6.95. The van der Waals surface area contributed by atoms with Crippen molar-refractivity contribution in [2.24, 2.45) is 0 Å². The fourth-order valence-corrected chi connectivity index (χ4v) is 5.15. The summed E-state index contributed by atoms with van der Waals surface area (Å²) >= 11 is 0. The molecule has 186 valence electrons. The normalized spacial score (nSPS) is 15.4. The predicted octanol–water partition coefficient (Wildman–Crippen LogP) is 4.08. The molecule has 0 aliphatic carbocycles. The summed E-state index contributed by atoms with van der Waals surface area (Å²) in [7, 11) is 1.32. The molecular formula is C30H32N2O4. The number of ether oxygens (including phenoxy) is 1. The van der Waals surface area contributed by atoms with E-state index in [-0.39, 0.29) is 37.2 Å². The van der Waals surface area contributed by atoms with E-state index in [9.17, 15) is 14.4 Å². The Kier molecular flexibility index (Phi) is 8.16. The zero-order valence-corrected chi connectivity index (χ0v) is 20.6. The zero-order valence-electron chi connectivity index (χ0n) is 20.6. The van der Waals surface area contributed by atoms with Gasteiger partial charge in [0.05, 0.1) is 18.9 Å².